The Morgan fingerprint density at radius 1 is 1.23 bits per heavy atom. The van der Waals surface area contributed by atoms with Crippen molar-refractivity contribution in [1.29, 1.82) is 0 Å². The van der Waals surface area contributed by atoms with E-state index in [1.807, 2.05) is 12.1 Å². The molecule has 0 radical (unpaired) electrons. The molecule has 1 N–H and O–H groups in total. The molecule has 1 atom stereocenters. The van der Waals surface area contributed by atoms with Crippen LogP contribution in [0.15, 0.2) is 48.8 Å². The Labute approximate surface area is 150 Å². The molecule has 1 unspecified atom stereocenters. The summed E-state index contributed by atoms with van der Waals surface area (Å²) in [5, 5.41) is 7.22. The summed E-state index contributed by atoms with van der Waals surface area (Å²) in [5.74, 6) is 0.794. The number of pyridine rings is 1. The maximum atomic E-state index is 13.8. The molecule has 1 fully saturated rings. The summed E-state index contributed by atoms with van der Waals surface area (Å²) in [6.07, 6.45) is 5.12. The molecule has 1 aliphatic rings. The van der Waals surface area contributed by atoms with Gasteiger partial charge >= 0.3 is 0 Å². The highest BCUT2D eigenvalue weighted by molar-refractivity contribution is 5.79. The van der Waals surface area contributed by atoms with Gasteiger partial charge in [-0.1, -0.05) is 18.2 Å². The minimum absolute atomic E-state index is 0.0501. The van der Waals surface area contributed by atoms with Crippen LogP contribution in [0.25, 0.3) is 11.4 Å². The second-order valence-electron chi connectivity index (χ2n) is 6.29. The summed E-state index contributed by atoms with van der Waals surface area (Å²) in [7, 11) is 0. The quantitative estimate of drug-likeness (QED) is 0.784. The molecular weight excluding hydrogens is 333 g/mol. The van der Waals surface area contributed by atoms with Crippen LogP contribution in [0.1, 0.15) is 30.3 Å². The lowest BCUT2D eigenvalue weighted by Crippen LogP contribution is -2.32. The molecule has 0 bridgehead atoms. The summed E-state index contributed by atoms with van der Waals surface area (Å²) in [6.45, 7) is 0.642. The van der Waals surface area contributed by atoms with Gasteiger partial charge in [0.05, 0.1) is 12.5 Å². The lowest BCUT2D eigenvalue weighted by Gasteiger charge is -2.23. The fraction of sp³-hybridized carbons (Fsp3) is 0.263. The van der Waals surface area contributed by atoms with Gasteiger partial charge in [0, 0.05) is 24.5 Å². The first-order valence-electron chi connectivity index (χ1n) is 8.58. The number of aromatic amines is 1. The standard InChI is InChI=1S/C19H18FN5O/c20-15-5-2-1-4-14(15)12-17(26)25-11-3-6-16(25)19-22-18(23-24-19)13-7-9-21-10-8-13/h1-2,4-5,7-10,16H,3,6,11-12H2,(H,22,23,24). The van der Waals surface area contributed by atoms with Crippen LogP contribution in [0.4, 0.5) is 4.39 Å². The van der Waals surface area contributed by atoms with Gasteiger partial charge in [0.2, 0.25) is 5.91 Å². The van der Waals surface area contributed by atoms with Crippen molar-refractivity contribution in [3.8, 4) is 11.4 Å². The zero-order valence-corrected chi connectivity index (χ0v) is 14.1. The monoisotopic (exact) mass is 351 g/mol. The highest BCUT2D eigenvalue weighted by atomic mass is 19.1. The lowest BCUT2D eigenvalue weighted by atomic mass is 10.1. The van der Waals surface area contributed by atoms with Gasteiger partial charge in [-0.3, -0.25) is 14.9 Å². The van der Waals surface area contributed by atoms with Crippen LogP contribution >= 0.6 is 0 Å². The third kappa shape index (κ3) is 3.20. The normalized spacial score (nSPS) is 16.8. The number of hydrogen-bond acceptors (Lipinski definition) is 4. The number of rotatable bonds is 4. The molecular formula is C19H18FN5O. The van der Waals surface area contributed by atoms with Crippen LogP contribution in [-0.4, -0.2) is 37.5 Å². The number of nitrogens with zero attached hydrogens (tertiary/aromatic N) is 4. The van der Waals surface area contributed by atoms with Crippen molar-refractivity contribution in [3.05, 3.63) is 66.0 Å². The first-order valence-corrected chi connectivity index (χ1v) is 8.58. The first-order chi connectivity index (χ1) is 12.7. The molecule has 3 aromatic rings. The van der Waals surface area contributed by atoms with E-state index in [9.17, 15) is 9.18 Å². The number of hydrogen-bond donors (Lipinski definition) is 1. The predicted octanol–water partition coefficient (Wildman–Crippen LogP) is 2.91. The van der Waals surface area contributed by atoms with Gasteiger partial charge in [-0.15, -0.1) is 0 Å². The summed E-state index contributed by atoms with van der Waals surface area (Å²) in [6, 6.07) is 9.90. The second-order valence-corrected chi connectivity index (χ2v) is 6.29. The Bertz CT molecular complexity index is 911. The molecule has 26 heavy (non-hydrogen) atoms. The van der Waals surface area contributed by atoms with Crippen molar-refractivity contribution in [2.45, 2.75) is 25.3 Å². The Morgan fingerprint density at radius 3 is 2.85 bits per heavy atom. The highest BCUT2D eigenvalue weighted by Gasteiger charge is 2.32. The molecule has 1 saturated heterocycles. The molecule has 1 aromatic carbocycles. The van der Waals surface area contributed by atoms with E-state index in [0.717, 1.165) is 18.4 Å². The largest absolute Gasteiger partial charge is 0.332 e. The van der Waals surface area contributed by atoms with Gasteiger partial charge in [-0.05, 0) is 36.6 Å². The SMILES string of the molecule is O=C(Cc1ccccc1F)N1CCCC1c1nc(-c2ccncc2)n[nH]1. The van der Waals surface area contributed by atoms with Crippen molar-refractivity contribution in [2.24, 2.45) is 0 Å². The fourth-order valence-electron chi connectivity index (χ4n) is 3.31. The maximum absolute atomic E-state index is 13.8. The summed E-state index contributed by atoms with van der Waals surface area (Å²) in [4.78, 5) is 23.0. The number of amides is 1. The van der Waals surface area contributed by atoms with Gasteiger partial charge in [0.1, 0.15) is 11.6 Å². The van der Waals surface area contributed by atoms with E-state index in [1.165, 1.54) is 6.07 Å². The van der Waals surface area contributed by atoms with E-state index < -0.39 is 0 Å². The van der Waals surface area contributed by atoms with Crippen molar-refractivity contribution in [1.82, 2.24) is 25.1 Å². The van der Waals surface area contributed by atoms with E-state index in [-0.39, 0.29) is 24.2 Å². The van der Waals surface area contributed by atoms with Crippen molar-refractivity contribution in [2.75, 3.05) is 6.54 Å². The van der Waals surface area contributed by atoms with Crippen LogP contribution < -0.4 is 0 Å². The molecule has 0 spiro atoms. The third-order valence-corrected chi connectivity index (χ3v) is 4.63. The molecule has 1 amide bonds. The average Bonchev–Trinajstić information content (AvgIpc) is 3.33. The second kappa shape index (κ2) is 7.03. The summed E-state index contributed by atoms with van der Waals surface area (Å²) < 4.78 is 13.8. The number of nitrogens with one attached hydrogen (secondary N) is 1. The molecule has 4 rings (SSSR count). The van der Waals surface area contributed by atoms with Crippen LogP contribution in [0.5, 0.6) is 0 Å². The zero-order valence-electron chi connectivity index (χ0n) is 14.1. The molecule has 7 heteroatoms. The van der Waals surface area contributed by atoms with Crippen molar-refractivity contribution >= 4 is 5.91 Å². The van der Waals surface area contributed by atoms with Gasteiger partial charge in [-0.2, -0.15) is 5.10 Å². The minimum atomic E-state index is -0.351. The van der Waals surface area contributed by atoms with Crippen molar-refractivity contribution in [3.63, 3.8) is 0 Å². The molecule has 6 nitrogen and oxygen atoms in total. The fourth-order valence-corrected chi connectivity index (χ4v) is 3.31. The molecule has 2 aromatic heterocycles. The van der Waals surface area contributed by atoms with Gasteiger partial charge in [0.25, 0.3) is 0 Å². The smallest absolute Gasteiger partial charge is 0.227 e. The number of carbonyl (C=O) groups excluding carboxylic acids is 1. The molecule has 0 saturated carbocycles. The van der Waals surface area contributed by atoms with Crippen LogP contribution in [-0.2, 0) is 11.2 Å². The Balaban J connectivity index is 1.53. The van der Waals surface area contributed by atoms with Crippen LogP contribution in [0.3, 0.4) is 0 Å². The van der Waals surface area contributed by atoms with Crippen LogP contribution in [0, 0.1) is 5.82 Å². The predicted molar refractivity (Wildman–Crippen MR) is 93.4 cm³/mol. The summed E-state index contributed by atoms with van der Waals surface area (Å²) >= 11 is 0. The van der Waals surface area contributed by atoms with E-state index in [0.29, 0.717) is 23.8 Å². The molecule has 132 valence electrons. The maximum Gasteiger partial charge on any atom is 0.227 e. The number of likely N-dealkylation sites (tertiary alicyclic amines) is 1. The Kier molecular flexibility index (Phi) is 4.43. The van der Waals surface area contributed by atoms with Gasteiger partial charge in [0.15, 0.2) is 5.82 Å². The number of H-pyrrole nitrogens is 1. The molecule has 0 aliphatic carbocycles. The topological polar surface area (TPSA) is 74.8 Å². The molecule has 3 heterocycles. The first kappa shape index (κ1) is 16.4. The van der Waals surface area contributed by atoms with Gasteiger partial charge in [-0.25, -0.2) is 9.37 Å². The van der Waals surface area contributed by atoms with E-state index in [4.69, 9.17) is 0 Å². The average molecular weight is 351 g/mol. The lowest BCUT2D eigenvalue weighted by molar-refractivity contribution is -0.131. The van der Waals surface area contributed by atoms with Gasteiger partial charge < -0.3 is 4.90 Å². The zero-order chi connectivity index (χ0) is 17.9. The number of aromatic nitrogens is 4. The number of carbonyl (C=O) groups is 1. The van der Waals surface area contributed by atoms with Crippen LogP contribution in [0.2, 0.25) is 0 Å². The highest BCUT2D eigenvalue weighted by Crippen LogP contribution is 2.31. The third-order valence-electron chi connectivity index (χ3n) is 4.63. The summed E-state index contributed by atoms with van der Waals surface area (Å²) in [5.41, 5.74) is 1.28. The van der Waals surface area contributed by atoms with Crippen molar-refractivity contribution < 1.29 is 9.18 Å². The number of benzene rings is 1. The van der Waals surface area contributed by atoms with E-state index in [1.54, 1.807) is 35.5 Å². The number of halogens is 1. The Hall–Kier alpha value is -3.09. The Morgan fingerprint density at radius 2 is 2.04 bits per heavy atom. The van der Waals surface area contributed by atoms with E-state index in [2.05, 4.69) is 20.2 Å². The molecule has 1 aliphatic heterocycles. The van der Waals surface area contributed by atoms with E-state index >= 15 is 0 Å². The minimum Gasteiger partial charge on any atom is -0.332 e.